The van der Waals surface area contributed by atoms with Crippen LogP contribution >= 0.6 is 0 Å². The van der Waals surface area contributed by atoms with Crippen LogP contribution in [-0.2, 0) is 5.41 Å². The van der Waals surface area contributed by atoms with Crippen molar-refractivity contribution >= 4 is 10.9 Å². The smallest absolute Gasteiger partial charge is 0.0702 e. The number of benzene rings is 1. The zero-order valence-electron chi connectivity index (χ0n) is 10.2. The van der Waals surface area contributed by atoms with E-state index in [4.69, 9.17) is 5.73 Å². The van der Waals surface area contributed by atoms with Crippen LogP contribution in [0.4, 0.5) is 0 Å². The number of aromatic nitrogens is 1. The van der Waals surface area contributed by atoms with Crippen LogP contribution in [0, 0.1) is 0 Å². The summed E-state index contributed by atoms with van der Waals surface area (Å²) in [5.41, 5.74) is 8.78. The van der Waals surface area contributed by atoms with Gasteiger partial charge in [0, 0.05) is 17.6 Å². The Bertz CT molecular complexity index is 549. The van der Waals surface area contributed by atoms with Crippen molar-refractivity contribution in [3.05, 3.63) is 42.1 Å². The molecule has 2 atom stereocenters. The molecule has 1 aliphatic rings. The minimum atomic E-state index is 0.253. The largest absolute Gasteiger partial charge is 0.328 e. The molecule has 0 spiro atoms. The molecule has 1 fully saturated rings. The van der Waals surface area contributed by atoms with E-state index in [-0.39, 0.29) is 5.41 Å². The average molecular weight is 226 g/mol. The molecule has 1 aromatic carbocycles. The van der Waals surface area contributed by atoms with Gasteiger partial charge in [-0.05, 0) is 48.4 Å². The topological polar surface area (TPSA) is 38.9 Å². The van der Waals surface area contributed by atoms with Crippen molar-refractivity contribution in [2.45, 2.75) is 37.6 Å². The van der Waals surface area contributed by atoms with Crippen molar-refractivity contribution in [2.24, 2.45) is 5.73 Å². The third kappa shape index (κ3) is 1.83. The summed E-state index contributed by atoms with van der Waals surface area (Å²) < 4.78 is 0. The molecule has 3 rings (SSSR count). The standard InChI is InChI=1S/C15H18N2/c1-15(7-6-13(16)10-15)12-4-5-14-11(9-12)3-2-8-17-14/h2-5,8-9,13H,6-7,10,16H2,1H3. The highest BCUT2D eigenvalue weighted by molar-refractivity contribution is 5.79. The molecule has 0 radical (unpaired) electrons. The first-order valence-electron chi connectivity index (χ1n) is 6.28. The normalized spacial score (nSPS) is 28.7. The van der Waals surface area contributed by atoms with Gasteiger partial charge in [-0.1, -0.05) is 19.1 Å². The molecule has 2 nitrogen and oxygen atoms in total. The molecule has 2 aromatic rings. The number of rotatable bonds is 1. The Morgan fingerprint density at radius 1 is 1.35 bits per heavy atom. The fraction of sp³-hybridized carbons (Fsp3) is 0.400. The van der Waals surface area contributed by atoms with Gasteiger partial charge in [0.05, 0.1) is 5.52 Å². The van der Waals surface area contributed by atoms with Crippen molar-refractivity contribution in [3.63, 3.8) is 0 Å². The number of hydrogen-bond donors (Lipinski definition) is 1. The van der Waals surface area contributed by atoms with E-state index in [9.17, 15) is 0 Å². The van der Waals surface area contributed by atoms with Gasteiger partial charge in [0.2, 0.25) is 0 Å². The van der Waals surface area contributed by atoms with Crippen molar-refractivity contribution < 1.29 is 0 Å². The summed E-state index contributed by atoms with van der Waals surface area (Å²) in [7, 11) is 0. The first kappa shape index (κ1) is 10.7. The van der Waals surface area contributed by atoms with Gasteiger partial charge in [-0.15, -0.1) is 0 Å². The van der Waals surface area contributed by atoms with Gasteiger partial charge >= 0.3 is 0 Å². The summed E-state index contributed by atoms with van der Waals surface area (Å²) in [5.74, 6) is 0. The zero-order chi connectivity index (χ0) is 11.9. The minimum Gasteiger partial charge on any atom is -0.328 e. The third-order valence-electron chi connectivity index (χ3n) is 4.08. The Morgan fingerprint density at radius 3 is 3.00 bits per heavy atom. The summed E-state index contributed by atoms with van der Waals surface area (Å²) >= 11 is 0. The van der Waals surface area contributed by atoms with Crippen LogP contribution in [0.1, 0.15) is 31.7 Å². The first-order valence-corrected chi connectivity index (χ1v) is 6.28. The first-order chi connectivity index (χ1) is 8.17. The molecular formula is C15H18N2. The zero-order valence-corrected chi connectivity index (χ0v) is 10.2. The van der Waals surface area contributed by atoms with Gasteiger partial charge in [-0.2, -0.15) is 0 Å². The fourth-order valence-electron chi connectivity index (χ4n) is 3.00. The lowest BCUT2D eigenvalue weighted by Crippen LogP contribution is -2.22. The van der Waals surface area contributed by atoms with Gasteiger partial charge in [0.1, 0.15) is 0 Å². The van der Waals surface area contributed by atoms with Crippen LogP contribution in [-0.4, -0.2) is 11.0 Å². The lowest BCUT2D eigenvalue weighted by Gasteiger charge is -2.24. The second-order valence-corrected chi connectivity index (χ2v) is 5.47. The van der Waals surface area contributed by atoms with E-state index in [1.165, 1.54) is 17.4 Å². The Labute approximate surface area is 102 Å². The van der Waals surface area contributed by atoms with Crippen molar-refractivity contribution in [1.29, 1.82) is 0 Å². The third-order valence-corrected chi connectivity index (χ3v) is 4.08. The highest BCUT2D eigenvalue weighted by atomic mass is 14.7. The Morgan fingerprint density at radius 2 is 2.24 bits per heavy atom. The van der Waals surface area contributed by atoms with Gasteiger partial charge in [-0.25, -0.2) is 0 Å². The maximum Gasteiger partial charge on any atom is 0.0702 e. The second-order valence-electron chi connectivity index (χ2n) is 5.47. The predicted octanol–water partition coefficient (Wildman–Crippen LogP) is 3.00. The minimum absolute atomic E-state index is 0.253. The molecule has 2 N–H and O–H groups in total. The van der Waals surface area contributed by atoms with Crippen LogP contribution in [0.2, 0.25) is 0 Å². The van der Waals surface area contributed by atoms with E-state index in [0.29, 0.717) is 6.04 Å². The molecule has 88 valence electrons. The fourth-order valence-corrected chi connectivity index (χ4v) is 3.00. The average Bonchev–Trinajstić information content (AvgIpc) is 2.70. The molecule has 2 heteroatoms. The Kier molecular flexibility index (Phi) is 2.40. The molecular weight excluding hydrogens is 208 g/mol. The summed E-state index contributed by atoms with van der Waals surface area (Å²) in [6, 6.07) is 11.1. The maximum atomic E-state index is 6.05. The van der Waals surface area contributed by atoms with Gasteiger partial charge in [-0.3, -0.25) is 4.98 Å². The quantitative estimate of drug-likeness (QED) is 0.811. The highest BCUT2D eigenvalue weighted by Gasteiger charge is 2.34. The second kappa shape index (κ2) is 3.81. The predicted molar refractivity (Wildman–Crippen MR) is 70.9 cm³/mol. The molecule has 0 bridgehead atoms. The molecule has 1 heterocycles. The summed E-state index contributed by atoms with van der Waals surface area (Å²) in [5, 5.41) is 1.23. The summed E-state index contributed by atoms with van der Waals surface area (Å²) in [6.07, 6.45) is 5.27. The monoisotopic (exact) mass is 226 g/mol. The molecule has 17 heavy (non-hydrogen) atoms. The van der Waals surface area contributed by atoms with Crippen molar-refractivity contribution in [1.82, 2.24) is 4.98 Å². The molecule has 0 aliphatic heterocycles. The maximum absolute atomic E-state index is 6.05. The van der Waals surface area contributed by atoms with Crippen molar-refractivity contribution in [2.75, 3.05) is 0 Å². The molecule has 1 saturated carbocycles. The van der Waals surface area contributed by atoms with Crippen LogP contribution in [0.25, 0.3) is 10.9 Å². The molecule has 2 unspecified atom stereocenters. The Hall–Kier alpha value is -1.41. The van der Waals surface area contributed by atoms with E-state index in [1.54, 1.807) is 0 Å². The summed E-state index contributed by atoms with van der Waals surface area (Å²) in [6.45, 7) is 2.33. The van der Waals surface area contributed by atoms with E-state index < -0.39 is 0 Å². The SMILES string of the molecule is CC1(c2ccc3ncccc3c2)CCC(N)C1. The number of nitrogens with two attached hydrogens (primary N) is 1. The molecule has 0 amide bonds. The van der Waals surface area contributed by atoms with E-state index in [0.717, 1.165) is 18.4 Å². The summed E-state index contributed by atoms with van der Waals surface area (Å²) in [4.78, 5) is 4.36. The van der Waals surface area contributed by atoms with E-state index in [2.05, 4.69) is 36.2 Å². The highest BCUT2D eigenvalue weighted by Crippen LogP contribution is 2.40. The van der Waals surface area contributed by atoms with Crippen LogP contribution in [0.5, 0.6) is 0 Å². The van der Waals surface area contributed by atoms with E-state index in [1.807, 2.05) is 12.3 Å². The van der Waals surface area contributed by atoms with Crippen LogP contribution in [0.15, 0.2) is 36.5 Å². The van der Waals surface area contributed by atoms with Crippen LogP contribution in [0.3, 0.4) is 0 Å². The van der Waals surface area contributed by atoms with Gasteiger partial charge in [0.15, 0.2) is 0 Å². The lowest BCUT2D eigenvalue weighted by molar-refractivity contribution is 0.483. The lowest BCUT2D eigenvalue weighted by atomic mass is 9.80. The van der Waals surface area contributed by atoms with Crippen molar-refractivity contribution in [3.8, 4) is 0 Å². The van der Waals surface area contributed by atoms with Gasteiger partial charge < -0.3 is 5.73 Å². The number of fused-ring (bicyclic) bond motifs is 1. The van der Waals surface area contributed by atoms with E-state index >= 15 is 0 Å². The van der Waals surface area contributed by atoms with Gasteiger partial charge in [0.25, 0.3) is 0 Å². The molecule has 1 aliphatic carbocycles. The Balaban J connectivity index is 2.06. The molecule has 0 saturated heterocycles. The van der Waals surface area contributed by atoms with Crippen LogP contribution < -0.4 is 5.73 Å². The number of hydrogen-bond acceptors (Lipinski definition) is 2. The molecule has 1 aromatic heterocycles. The number of nitrogens with zero attached hydrogens (tertiary/aromatic N) is 1. The number of pyridine rings is 1.